The largest absolute Gasteiger partial charge is 0.255 e. The average Bonchev–Trinajstić information content (AvgIpc) is 2.53. The van der Waals surface area contributed by atoms with Crippen molar-refractivity contribution in [3.05, 3.63) is 64.4 Å². The third-order valence-electron chi connectivity index (χ3n) is 3.27. The first kappa shape index (κ1) is 15.1. The van der Waals surface area contributed by atoms with Crippen molar-refractivity contribution in [1.29, 1.82) is 0 Å². The SMILES string of the molecule is Cc1c(Cl)cccc1N=C1NN=C(c2ccc(F)cc2)CS1. The molecule has 0 bridgehead atoms. The van der Waals surface area contributed by atoms with Gasteiger partial charge in [-0.05, 0) is 42.3 Å². The summed E-state index contributed by atoms with van der Waals surface area (Å²) in [6.07, 6.45) is 0. The maximum atomic E-state index is 12.9. The van der Waals surface area contributed by atoms with Gasteiger partial charge in [0.25, 0.3) is 0 Å². The van der Waals surface area contributed by atoms with Gasteiger partial charge in [0, 0.05) is 10.8 Å². The minimum Gasteiger partial charge on any atom is -0.255 e. The van der Waals surface area contributed by atoms with E-state index in [4.69, 9.17) is 11.6 Å². The first-order valence-electron chi connectivity index (χ1n) is 6.68. The summed E-state index contributed by atoms with van der Waals surface area (Å²) in [5.41, 5.74) is 6.47. The smallest absolute Gasteiger partial charge is 0.182 e. The van der Waals surface area contributed by atoms with Gasteiger partial charge in [-0.25, -0.2) is 9.38 Å². The highest BCUT2D eigenvalue weighted by Crippen LogP contribution is 2.27. The van der Waals surface area contributed by atoms with E-state index in [1.165, 1.54) is 12.1 Å². The van der Waals surface area contributed by atoms with E-state index in [1.54, 1.807) is 23.9 Å². The van der Waals surface area contributed by atoms with Gasteiger partial charge in [0.15, 0.2) is 5.17 Å². The monoisotopic (exact) mass is 333 g/mol. The Hall–Kier alpha value is -1.85. The molecule has 6 heteroatoms. The maximum Gasteiger partial charge on any atom is 0.182 e. The number of hydrogen-bond donors (Lipinski definition) is 1. The third kappa shape index (κ3) is 3.31. The lowest BCUT2D eigenvalue weighted by Gasteiger charge is -2.15. The Kier molecular flexibility index (Phi) is 4.45. The van der Waals surface area contributed by atoms with Crippen LogP contribution < -0.4 is 5.43 Å². The van der Waals surface area contributed by atoms with E-state index in [2.05, 4.69) is 15.5 Å². The molecule has 0 fully saturated rings. The quantitative estimate of drug-likeness (QED) is 0.877. The first-order valence-corrected chi connectivity index (χ1v) is 8.05. The number of hydrazone groups is 1. The summed E-state index contributed by atoms with van der Waals surface area (Å²) in [5.74, 6) is 0.427. The Bertz CT molecular complexity index is 756. The lowest BCUT2D eigenvalue weighted by Crippen LogP contribution is -2.25. The zero-order valence-corrected chi connectivity index (χ0v) is 13.4. The molecule has 0 aromatic heterocycles. The number of nitrogens with zero attached hydrogens (tertiary/aromatic N) is 2. The molecule has 112 valence electrons. The second-order valence-electron chi connectivity index (χ2n) is 4.77. The van der Waals surface area contributed by atoms with Crippen molar-refractivity contribution < 1.29 is 4.39 Å². The van der Waals surface area contributed by atoms with Gasteiger partial charge in [0.2, 0.25) is 0 Å². The molecule has 0 radical (unpaired) electrons. The van der Waals surface area contributed by atoms with Crippen LogP contribution in [0.5, 0.6) is 0 Å². The molecule has 2 aromatic rings. The standard InChI is InChI=1S/C16H13ClFN3S/c1-10-13(17)3-2-4-14(10)19-16-21-20-15(9-22-16)11-5-7-12(18)8-6-11/h2-8H,9H2,1H3,(H,19,21). The summed E-state index contributed by atoms with van der Waals surface area (Å²) in [5, 5.41) is 5.73. The number of amidine groups is 1. The molecule has 1 heterocycles. The van der Waals surface area contributed by atoms with E-state index in [-0.39, 0.29) is 5.82 Å². The van der Waals surface area contributed by atoms with E-state index in [0.29, 0.717) is 10.8 Å². The number of halogens is 2. The number of benzene rings is 2. The molecule has 2 aromatic carbocycles. The van der Waals surface area contributed by atoms with Crippen LogP contribution in [0.25, 0.3) is 0 Å². The van der Waals surface area contributed by atoms with Crippen LogP contribution in [-0.2, 0) is 0 Å². The normalized spacial score (nSPS) is 16.3. The fourth-order valence-corrected chi connectivity index (χ4v) is 2.94. The van der Waals surface area contributed by atoms with Gasteiger partial charge < -0.3 is 0 Å². The van der Waals surface area contributed by atoms with Crippen LogP contribution in [-0.4, -0.2) is 16.6 Å². The van der Waals surface area contributed by atoms with Crippen LogP contribution >= 0.6 is 23.4 Å². The minimum absolute atomic E-state index is 0.251. The molecule has 0 saturated heterocycles. The van der Waals surface area contributed by atoms with Gasteiger partial charge in [0.05, 0.1) is 11.4 Å². The average molecular weight is 334 g/mol. The van der Waals surface area contributed by atoms with Crippen LogP contribution in [0.4, 0.5) is 10.1 Å². The van der Waals surface area contributed by atoms with Gasteiger partial charge in [0.1, 0.15) is 5.82 Å². The predicted octanol–water partition coefficient (Wildman–Crippen LogP) is 4.52. The molecule has 0 spiro atoms. The molecule has 3 rings (SSSR count). The van der Waals surface area contributed by atoms with Crippen LogP contribution in [0.2, 0.25) is 5.02 Å². The van der Waals surface area contributed by atoms with Gasteiger partial charge in [-0.3, -0.25) is 5.43 Å². The number of aliphatic imine (C=N–C) groups is 1. The molecule has 0 aliphatic carbocycles. The van der Waals surface area contributed by atoms with Crippen molar-refractivity contribution in [2.75, 3.05) is 5.75 Å². The molecular weight excluding hydrogens is 321 g/mol. The maximum absolute atomic E-state index is 12.9. The lowest BCUT2D eigenvalue weighted by molar-refractivity contribution is 0.628. The molecule has 0 atom stereocenters. The zero-order valence-electron chi connectivity index (χ0n) is 11.8. The highest BCUT2D eigenvalue weighted by Gasteiger charge is 2.13. The fraction of sp³-hybridized carbons (Fsp3) is 0.125. The number of thioether (sulfide) groups is 1. The zero-order chi connectivity index (χ0) is 15.5. The van der Waals surface area contributed by atoms with Gasteiger partial charge in [-0.1, -0.05) is 41.6 Å². The summed E-state index contributed by atoms with van der Waals surface area (Å²) in [4.78, 5) is 4.54. The van der Waals surface area contributed by atoms with E-state index < -0.39 is 0 Å². The number of rotatable bonds is 2. The molecule has 0 amide bonds. The van der Waals surface area contributed by atoms with Crippen LogP contribution in [0.15, 0.2) is 52.6 Å². The summed E-state index contributed by atoms with van der Waals surface area (Å²) in [7, 11) is 0. The molecule has 0 unspecified atom stereocenters. The second kappa shape index (κ2) is 6.50. The summed E-state index contributed by atoms with van der Waals surface area (Å²) >= 11 is 7.64. The molecule has 1 N–H and O–H groups in total. The van der Waals surface area contributed by atoms with Gasteiger partial charge >= 0.3 is 0 Å². The molecular formula is C16H13ClFN3S. The fourth-order valence-electron chi connectivity index (χ4n) is 1.99. The Balaban J connectivity index is 1.79. The van der Waals surface area contributed by atoms with E-state index in [9.17, 15) is 4.39 Å². The Morgan fingerprint density at radius 3 is 2.68 bits per heavy atom. The van der Waals surface area contributed by atoms with E-state index >= 15 is 0 Å². The lowest BCUT2D eigenvalue weighted by atomic mass is 10.1. The summed E-state index contributed by atoms with van der Waals surface area (Å²) < 4.78 is 12.9. The minimum atomic E-state index is -0.251. The van der Waals surface area contributed by atoms with E-state index in [1.807, 2.05) is 25.1 Å². The van der Waals surface area contributed by atoms with Gasteiger partial charge in [-0.2, -0.15) is 5.10 Å². The first-order chi connectivity index (χ1) is 10.6. The molecule has 22 heavy (non-hydrogen) atoms. The van der Waals surface area contributed by atoms with Crippen molar-refractivity contribution in [1.82, 2.24) is 5.43 Å². The van der Waals surface area contributed by atoms with Gasteiger partial charge in [-0.15, -0.1) is 0 Å². The van der Waals surface area contributed by atoms with E-state index in [0.717, 1.165) is 27.7 Å². The van der Waals surface area contributed by atoms with Crippen molar-refractivity contribution >= 4 is 39.9 Å². The van der Waals surface area contributed by atoms with Crippen molar-refractivity contribution in [2.45, 2.75) is 6.92 Å². The van der Waals surface area contributed by atoms with Crippen molar-refractivity contribution in [2.24, 2.45) is 10.1 Å². The molecule has 3 nitrogen and oxygen atoms in total. The second-order valence-corrected chi connectivity index (χ2v) is 6.14. The topological polar surface area (TPSA) is 36.8 Å². The number of hydrogen-bond acceptors (Lipinski definition) is 3. The highest BCUT2D eigenvalue weighted by atomic mass is 35.5. The number of nitrogens with one attached hydrogen (secondary N) is 1. The molecule has 0 saturated carbocycles. The molecule has 1 aliphatic heterocycles. The highest BCUT2D eigenvalue weighted by molar-refractivity contribution is 8.14. The van der Waals surface area contributed by atoms with Crippen LogP contribution in [0.3, 0.4) is 0 Å². The Morgan fingerprint density at radius 1 is 1.23 bits per heavy atom. The summed E-state index contributed by atoms with van der Waals surface area (Å²) in [6, 6.07) is 11.9. The van der Waals surface area contributed by atoms with Crippen molar-refractivity contribution in [3.63, 3.8) is 0 Å². The Labute approximate surface area is 137 Å². The molecule has 1 aliphatic rings. The Morgan fingerprint density at radius 2 is 2.00 bits per heavy atom. The van der Waals surface area contributed by atoms with Crippen LogP contribution in [0.1, 0.15) is 11.1 Å². The van der Waals surface area contributed by atoms with Crippen molar-refractivity contribution in [3.8, 4) is 0 Å². The predicted molar refractivity (Wildman–Crippen MR) is 91.8 cm³/mol. The third-order valence-corrected chi connectivity index (χ3v) is 4.55. The van der Waals surface area contributed by atoms with Crippen LogP contribution in [0, 0.1) is 12.7 Å². The summed E-state index contributed by atoms with van der Waals surface area (Å²) in [6.45, 7) is 1.93.